The molecule has 0 aliphatic rings. The van der Waals surface area contributed by atoms with Gasteiger partial charge in [0.15, 0.2) is 6.10 Å². The molecule has 1 unspecified atom stereocenters. The van der Waals surface area contributed by atoms with Gasteiger partial charge in [0.2, 0.25) is 0 Å². The number of hydrogen-bond donors (Lipinski definition) is 0. The highest BCUT2D eigenvalue weighted by atomic mass is 16.6. The molecule has 0 aromatic carbocycles. The maximum absolute atomic E-state index is 12.9. The van der Waals surface area contributed by atoms with E-state index in [4.69, 9.17) is 14.2 Å². The zero-order valence-corrected chi connectivity index (χ0v) is 51.6. The maximum atomic E-state index is 12.9. The summed E-state index contributed by atoms with van der Waals surface area (Å²) in [6.07, 6.45) is 92.1. The SMILES string of the molecule is CC/C=C\C/C=C\C/C=C\C/C=C\C/C=C\CCCC(=O)OCC(COC(=O)CCCCCCCCCCCCCCC/C=C\C/C=C\CCCCCCC)OC(=O)CCCCCCCC/C=C\C/C=C\C/C=C\CCCCC. The Hall–Kier alpha value is -4.19. The lowest BCUT2D eigenvalue weighted by atomic mass is 10.0. The first kappa shape index (κ1) is 74.8. The van der Waals surface area contributed by atoms with Crippen LogP contribution < -0.4 is 0 Å². The van der Waals surface area contributed by atoms with Gasteiger partial charge in [0.25, 0.3) is 0 Å². The summed E-state index contributed by atoms with van der Waals surface area (Å²) in [6, 6.07) is 0. The minimum absolute atomic E-state index is 0.103. The van der Waals surface area contributed by atoms with E-state index in [1.807, 2.05) is 0 Å². The van der Waals surface area contributed by atoms with Crippen molar-refractivity contribution in [1.29, 1.82) is 0 Å². The first-order chi connectivity index (χ1) is 39.0. The van der Waals surface area contributed by atoms with Crippen LogP contribution in [0.25, 0.3) is 0 Å². The Bertz CT molecular complexity index is 1640. The number of allylic oxidation sites excluding steroid dienone is 20. The van der Waals surface area contributed by atoms with Gasteiger partial charge in [-0.15, -0.1) is 0 Å². The highest BCUT2D eigenvalue weighted by Gasteiger charge is 2.19. The second kappa shape index (κ2) is 66.3. The molecule has 0 fully saturated rings. The van der Waals surface area contributed by atoms with E-state index in [1.165, 1.54) is 148 Å². The Morgan fingerprint density at radius 2 is 0.506 bits per heavy atom. The van der Waals surface area contributed by atoms with Gasteiger partial charge < -0.3 is 14.2 Å². The molecule has 0 heterocycles. The molecular weight excluding hydrogens is 973 g/mol. The Kier molecular flexibility index (Phi) is 62.8. The van der Waals surface area contributed by atoms with Gasteiger partial charge in [-0.1, -0.05) is 277 Å². The molecule has 0 aliphatic heterocycles. The molecule has 0 aliphatic carbocycles. The molecule has 1 atom stereocenters. The van der Waals surface area contributed by atoms with Gasteiger partial charge in [0.05, 0.1) is 0 Å². The van der Waals surface area contributed by atoms with Crippen molar-refractivity contribution in [3.63, 3.8) is 0 Å². The average molecular weight is 1100 g/mol. The van der Waals surface area contributed by atoms with Gasteiger partial charge in [-0.2, -0.15) is 0 Å². The normalized spacial score (nSPS) is 12.9. The van der Waals surface area contributed by atoms with E-state index in [1.54, 1.807) is 0 Å². The fourth-order valence-corrected chi connectivity index (χ4v) is 8.99. The van der Waals surface area contributed by atoms with Crippen LogP contribution in [0.5, 0.6) is 0 Å². The van der Waals surface area contributed by atoms with Crippen molar-refractivity contribution in [2.45, 2.75) is 309 Å². The molecule has 6 nitrogen and oxygen atoms in total. The van der Waals surface area contributed by atoms with E-state index in [0.717, 1.165) is 109 Å². The van der Waals surface area contributed by atoms with Crippen LogP contribution in [0.3, 0.4) is 0 Å². The lowest BCUT2D eigenvalue weighted by molar-refractivity contribution is -0.167. The largest absolute Gasteiger partial charge is 0.462 e. The number of carbonyl (C=O) groups is 3. The number of ether oxygens (including phenoxy) is 3. The second-order valence-electron chi connectivity index (χ2n) is 21.6. The molecule has 79 heavy (non-hydrogen) atoms. The quantitative estimate of drug-likeness (QED) is 0.0261. The summed E-state index contributed by atoms with van der Waals surface area (Å²) >= 11 is 0. The molecule has 0 aromatic heterocycles. The summed E-state index contributed by atoms with van der Waals surface area (Å²) in [4.78, 5) is 38.4. The minimum Gasteiger partial charge on any atom is -0.462 e. The third kappa shape index (κ3) is 64.5. The van der Waals surface area contributed by atoms with Crippen LogP contribution in [0.15, 0.2) is 122 Å². The van der Waals surface area contributed by atoms with E-state index in [-0.39, 0.29) is 37.5 Å². The summed E-state index contributed by atoms with van der Waals surface area (Å²) in [6.45, 7) is 6.45. The first-order valence-electron chi connectivity index (χ1n) is 33.0. The molecule has 6 heteroatoms. The van der Waals surface area contributed by atoms with Crippen molar-refractivity contribution in [2.75, 3.05) is 13.2 Å². The number of unbranched alkanes of at least 4 members (excludes halogenated alkanes) is 28. The number of esters is 3. The van der Waals surface area contributed by atoms with E-state index in [2.05, 4.69) is 142 Å². The highest BCUT2D eigenvalue weighted by Crippen LogP contribution is 2.16. The molecule has 0 N–H and O–H groups in total. The lowest BCUT2D eigenvalue weighted by Gasteiger charge is -2.18. The summed E-state index contributed by atoms with van der Waals surface area (Å²) in [5.41, 5.74) is 0. The number of hydrogen-bond acceptors (Lipinski definition) is 6. The van der Waals surface area contributed by atoms with Crippen molar-refractivity contribution in [2.24, 2.45) is 0 Å². The fourth-order valence-electron chi connectivity index (χ4n) is 8.99. The fraction of sp³-hybridized carbons (Fsp3) is 0.685. The molecule has 0 saturated carbocycles. The second-order valence-corrected chi connectivity index (χ2v) is 21.6. The van der Waals surface area contributed by atoms with Crippen molar-refractivity contribution in [3.05, 3.63) is 122 Å². The van der Waals surface area contributed by atoms with Crippen LogP contribution in [0, 0.1) is 0 Å². The van der Waals surface area contributed by atoms with E-state index >= 15 is 0 Å². The van der Waals surface area contributed by atoms with E-state index < -0.39 is 6.10 Å². The molecule has 0 amide bonds. The molecule has 450 valence electrons. The Labute approximate surface area is 488 Å². The van der Waals surface area contributed by atoms with Crippen LogP contribution >= 0.6 is 0 Å². The number of carbonyl (C=O) groups excluding carboxylic acids is 3. The van der Waals surface area contributed by atoms with Gasteiger partial charge >= 0.3 is 17.9 Å². The van der Waals surface area contributed by atoms with Crippen molar-refractivity contribution >= 4 is 17.9 Å². The van der Waals surface area contributed by atoms with E-state index in [0.29, 0.717) is 19.3 Å². The van der Waals surface area contributed by atoms with Crippen molar-refractivity contribution in [3.8, 4) is 0 Å². The Balaban J connectivity index is 4.43. The van der Waals surface area contributed by atoms with Gasteiger partial charge in [0.1, 0.15) is 13.2 Å². The highest BCUT2D eigenvalue weighted by molar-refractivity contribution is 5.71. The lowest BCUT2D eigenvalue weighted by Crippen LogP contribution is -2.30. The van der Waals surface area contributed by atoms with Crippen LogP contribution in [0.2, 0.25) is 0 Å². The summed E-state index contributed by atoms with van der Waals surface area (Å²) < 4.78 is 16.9. The Morgan fingerprint density at radius 1 is 0.266 bits per heavy atom. The third-order valence-corrected chi connectivity index (χ3v) is 13.9. The monoisotopic (exact) mass is 1090 g/mol. The minimum atomic E-state index is -0.813. The topological polar surface area (TPSA) is 78.9 Å². The summed E-state index contributed by atoms with van der Waals surface area (Å²) in [7, 11) is 0. The molecule has 0 bridgehead atoms. The average Bonchev–Trinajstić information content (AvgIpc) is 3.45. The molecule has 0 saturated heterocycles. The number of rotatable bonds is 59. The molecule has 0 aromatic rings. The summed E-state index contributed by atoms with van der Waals surface area (Å²) in [5.74, 6) is -0.972. The van der Waals surface area contributed by atoms with Crippen LogP contribution in [-0.4, -0.2) is 37.2 Å². The molecule has 0 radical (unpaired) electrons. The predicted molar refractivity (Wildman–Crippen MR) is 343 cm³/mol. The van der Waals surface area contributed by atoms with Gasteiger partial charge in [-0.25, -0.2) is 0 Å². The van der Waals surface area contributed by atoms with Crippen LogP contribution in [0.4, 0.5) is 0 Å². The van der Waals surface area contributed by atoms with Gasteiger partial charge in [-0.05, 0) is 128 Å². The van der Waals surface area contributed by atoms with Crippen molar-refractivity contribution in [1.82, 2.24) is 0 Å². The zero-order valence-electron chi connectivity index (χ0n) is 51.6. The van der Waals surface area contributed by atoms with Crippen molar-refractivity contribution < 1.29 is 28.6 Å². The predicted octanol–water partition coefficient (Wildman–Crippen LogP) is 22.8. The summed E-state index contributed by atoms with van der Waals surface area (Å²) in [5, 5.41) is 0. The maximum Gasteiger partial charge on any atom is 0.306 e. The van der Waals surface area contributed by atoms with E-state index in [9.17, 15) is 14.4 Å². The smallest absolute Gasteiger partial charge is 0.306 e. The van der Waals surface area contributed by atoms with Gasteiger partial charge in [0, 0.05) is 19.3 Å². The molecular formula is C73H122O6. The molecule has 0 spiro atoms. The Morgan fingerprint density at radius 3 is 0.848 bits per heavy atom. The standard InChI is InChI=1S/C73H122O6/c1-4-7-10-13-16-19-22-25-28-31-33-34-35-36-37-38-40-42-45-48-51-54-57-60-63-66-72(75)78-69-70(68-77-71(74)65-62-59-56-53-50-47-44-41-30-27-24-21-18-15-12-9-6-3)79-73(76)67-64-61-58-55-52-49-46-43-39-32-29-26-23-20-17-14-11-8-5-2/h9,12,17-18,20-22,25-27,29-31,33,39,43-44,47,53,56,70H,4-8,10-11,13-16,19,23-24,28,32,34-38,40-42,45-46,48-52,54-55,57-69H2,1-3H3/b12-9-,20-17-,21-18-,25-22-,29-26-,30-27-,33-31-,43-39-,47-44-,56-53-. The third-order valence-electron chi connectivity index (χ3n) is 13.9. The zero-order chi connectivity index (χ0) is 57.1. The van der Waals surface area contributed by atoms with Gasteiger partial charge in [-0.3, -0.25) is 14.4 Å². The van der Waals surface area contributed by atoms with Crippen LogP contribution in [0.1, 0.15) is 303 Å². The first-order valence-corrected chi connectivity index (χ1v) is 33.0. The van der Waals surface area contributed by atoms with Crippen LogP contribution in [-0.2, 0) is 28.6 Å². The molecule has 0 rings (SSSR count).